The molecule has 0 aromatic heterocycles. The Morgan fingerprint density at radius 1 is 1.10 bits per heavy atom. The molecule has 2 aromatic rings. The lowest BCUT2D eigenvalue weighted by atomic mass is 10.1. The molecule has 2 aromatic carbocycles. The van der Waals surface area contributed by atoms with Gasteiger partial charge in [-0.05, 0) is 36.1 Å². The van der Waals surface area contributed by atoms with Crippen LogP contribution in [0.1, 0.15) is 17.5 Å². The van der Waals surface area contributed by atoms with E-state index in [2.05, 4.69) is 22.4 Å². The molecule has 7 nitrogen and oxygen atoms in total. The van der Waals surface area contributed by atoms with Gasteiger partial charge in [-0.3, -0.25) is 9.69 Å². The first kappa shape index (κ1) is 20.9. The van der Waals surface area contributed by atoms with E-state index < -0.39 is 6.03 Å². The highest BCUT2D eigenvalue weighted by Gasteiger charge is 2.33. The van der Waals surface area contributed by atoms with Crippen molar-refractivity contribution in [1.29, 1.82) is 0 Å². The smallest absolute Gasteiger partial charge is 0.348 e. The second-order valence-electron chi connectivity index (χ2n) is 7.35. The van der Waals surface area contributed by atoms with Crippen molar-refractivity contribution in [2.45, 2.75) is 19.4 Å². The topological polar surface area (TPSA) is 74.2 Å². The molecule has 0 radical (unpaired) electrons. The van der Waals surface area contributed by atoms with Crippen LogP contribution in [0.5, 0.6) is 0 Å². The molecule has 2 aliphatic rings. The third-order valence-electron chi connectivity index (χ3n) is 5.12. The zero-order valence-corrected chi connectivity index (χ0v) is 17.7. The Bertz CT molecular complexity index is 1020. The maximum Gasteiger partial charge on any atom is 0.348 e. The van der Waals surface area contributed by atoms with Gasteiger partial charge < -0.3 is 15.0 Å². The number of hydrogen-bond acceptors (Lipinski definition) is 4. The maximum atomic E-state index is 12.6. The van der Waals surface area contributed by atoms with E-state index in [1.807, 2.05) is 36.4 Å². The van der Waals surface area contributed by atoms with Gasteiger partial charge in [-0.15, -0.1) is 4.99 Å². The highest BCUT2D eigenvalue weighted by Crippen LogP contribution is 2.20. The number of nitrogens with one attached hydrogen (secondary N) is 1. The molecule has 160 valence electrons. The molecule has 31 heavy (non-hydrogen) atoms. The van der Waals surface area contributed by atoms with Crippen LogP contribution in [0.4, 0.5) is 4.79 Å². The largest absolute Gasteiger partial charge is 0.431 e. The van der Waals surface area contributed by atoms with E-state index in [4.69, 9.17) is 16.3 Å². The first-order chi connectivity index (χ1) is 15.1. The Labute approximate surface area is 186 Å². The van der Waals surface area contributed by atoms with Gasteiger partial charge in [-0.1, -0.05) is 54.1 Å². The van der Waals surface area contributed by atoms with Crippen LogP contribution in [0.2, 0.25) is 5.02 Å². The van der Waals surface area contributed by atoms with Crippen LogP contribution in [0, 0.1) is 0 Å². The third-order valence-corrected chi connectivity index (χ3v) is 5.35. The van der Waals surface area contributed by atoms with Crippen LogP contribution in [0.15, 0.2) is 71.5 Å². The molecule has 0 fully saturated rings. The summed E-state index contributed by atoms with van der Waals surface area (Å²) < 4.78 is 5.42. The van der Waals surface area contributed by atoms with E-state index in [0.29, 0.717) is 36.9 Å². The number of amidine groups is 1. The van der Waals surface area contributed by atoms with Crippen molar-refractivity contribution in [3.63, 3.8) is 0 Å². The number of ether oxygens (including phenoxy) is 1. The molecule has 8 heteroatoms. The first-order valence-electron chi connectivity index (χ1n) is 10.2. The fourth-order valence-corrected chi connectivity index (χ4v) is 3.73. The van der Waals surface area contributed by atoms with Crippen LogP contribution in [0.3, 0.4) is 0 Å². The van der Waals surface area contributed by atoms with Crippen LogP contribution in [-0.4, -0.2) is 47.4 Å². The van der Waals surface area contributed by atoms with Gasteiger partial charge in [0.25, 0.3) is 5.91 Å². The van der Waals surface area contributed by atoms with Crippen molar-refractivity contribution in [2.24, 2.45) is 4.99 Å². The molecule has 4 rings (SSSR count). The molecule has 3 amide bonds. The first-order valence-corrected chi connectivity index (χ1v) is 10.6. The summed E-state index contributed by atoms with van der Waals surface area (Å²) in [6, 6.07) is 17.2. The Balaban J connectivity index is 1.31. The lowest BCUT2D eigenvalue weighted by Gasteiger charge is -2.21. The summed E-state index contributed by atoms with van der Waals surface area (Å²) in [4.78, 5) is 32.5. The zero-order valence-electron chi connectivity index (χ0n) is 17.0. The molecule has 0 saturated heterocycles. The Morgan fingerprint density at radius 3 is 2.71 bits per heavy atom. The number of hydrogen-bond donors (Lipinski definition) is 1. The quantitative estimate of drug-likeness (QED) is 0.671. The molecule has 0 unspecified atom stereocenters. The van der Waals surface area contributed by atoms with Gasteiger partial charge in [0.1, 0.15) is 12.0 Å². The number of amides is 3. The third kappa shape index (κ3) is 5.24. The van der Waals surface area contributed by atoms with Crippen LogP contribution in [-0.2, 0) is 22.5 Å². The molecular weight excluding hydrogens is 416 g/mol. The lowest BCUT2D eigenvalue weighted by molar-refractivity contribution is -0.118. The summed E-state index contributed by atoms with van der Waals surface area (Å²) in [5, 5.41) is 3.53. The van der Waals surface area contributed by atoms with Gasteiger partial charge in [0.2, 0.25) is 0 Å². The molecule has 0 bridgehead atoms. The normalized spacial score (nSPS) is 15.6. The number of aryl methyl sites for hydroxylation is 1. The van der Waals surface area contributed by atoms with E-state index >= 15 is 0 Å². The van der Waals surface area contributed by atoms with E-state index in [0.717, 1.165) is 18.4 Å². The maximum absolute atomic E-state index is 12.6. The van der Waals surface area contributed by atoms with Gasteiger partial charge in [-0.2, -0.15) is 0 Å². The van der Waals surface area contributed by atoms with Gasteiger partial charge in [0.15, 0.2) is 0 Å². The molecule has 2 heterocycles. The average Bonchev–Trinajstić information content (AvgIpc) is 3.10. The number of fused-ring (bicyclic) bond motifs is 1. The number of carbonyl (C=O) groups excluding carboxylic acids is 2. The van der Waals surface area contributed by atoms with Crippen molar-refractivity contribution in [3.05, 3.63) is 82.7 Å². The molecule has 0 aliphatic carbocycles. The number of rotatable bonds is 7. The summed E-state index contributed by atoms with van der Waals surface area (Å²) in [5.41, 5.74) is 2.51. The summed E-state index contributed by atoms with van der Waals surface area (Å²) >= 11 is 6.04. The Hall–Kier alpha value is -3.32. The molecule has 2 aliphatic heterocycles. The van der Waals surface area contributed by atoms with Crippen molar-refractivity contribution in [3.8, 4) is 0 Å². The van der Waals surface area contributed by atoms with E-state index in [1.54, 1.807) is 15.9 Å². The number of halogens is 1. The lowest BCUT2D eigenvalue weighted by Crippen LogP contribution is -2.38. The minimum absolute atomic E-state index is 0.132. The van der Waals surface area contributed by atoms with Crippen molar-refractivity contribution in [2.75, 3.05) is 19.6 Å². The van der Waals surface area contributed by atoms with Gasteiger partial charge in [0, 0.05) is 31.2 Å². The predicted octanol–water partition coefficient (Wildman–Crippen LogP) is 3.55. The van der Waals surface area contributed by atoms with Crippen LogP contribution in [0.25, 0.3) is 0 Å². The fourth-order valence-electron chi connectivity index (χ4n) is 3.52. The second kappa shape index (κ2) is 9.66. The summed E-state index contributed by atoms with van der Waals surface area (Å²) in [6.07, 6.45) is 3.07. The molecular formula is C23H23ClN4O3. The second-order valence-corrected chi connectivity index (χ2v) is 7.78. The number of aliphatic imine (C=N–C) groups is 1. The summed E-state index contributed by atoms with van der Waals surface area (Å²) in [6.45, 7) is 1.74. The standard InChI is InChI=1S/C23H23ClN4O3/c24-19-10-4-8-18(14-19)15-27-12-13-28-20(16-31-23(28)26-22(27)30)21(29)25-11-5-9-17-6-2-1-3-7-17/h1-4,6-8,10,14,16H,5,9,11-13,15H2,(H,25,29). The monoisotopic (exact) mass is 438 g/mol. The highest BCUT2D eigenvalue weighted by atomic mass is 35.5. The van der Waals surface area contributed by atoms with Crippen molar-refractivity contribution >= 4 is 29.6 Å². The number of urea groups is 1. The fraction of sp³-hybridized carbons (Fsp3) is 0.261. The molecule has 1 N–H and O–H groups in total. The number of nitrogens with zero attached hydrogens (tertiary/aromatic N) is 3. The predicted molar refractivity (Wildman–Crippen MR) is 118 cm³/mol. The highest BCUT2D eigenvalue weighted by molar-refractivity contribution is 6.30. The van der Waals surface area contributed by atoms with E-state index in [-0.39, 0.29) is 11.9 Å². The van der Waals surface area contributed by atoms with Crippen molar-refractivity contribution in [1.82, 2.24) is 15.1 Å². The number of carbonyl (C=O) groups is 2. The van der Waals surface area contributed by atoms with Gasteiger partial charge in [-0.25, -0.2) is 4.79 Å². The minimum atomic E-state index is -0.407. The zero-order chi connectivity index (χ0) is 21.6. The van der Waals surface area contributed by atoms with E-state index in [9.17, 15) is 9.59 Å². The van der Waals surface area contributed by atoms with Crippen LogP contribution >= 0.6 is 11.6 Å². The Kier molecular flexibility index (Phi) is 6.52. The SMILES string of the molecule is O=C(NCCCc1ccccc1)C1=COC2=NC(=O)N(Cc3cccc(Cl)c3)CCN12. The summed E-state index contributed by atoms with van der Waals surface area (Å²) in [5.74, 6) is -0.242. The average molecular weight is 439 g/mol. The van der Waals surface area contributed by atoms with Gasteiger partial charge in [0.05, 0.1) is 0 Å². The van der Waals surface area contributed by atoms with Crippen LogP contribution < -0.4 is 5.32 Å². The van der Waals surface area contributed by atoms with Crippen molar-refractivity contribution < 1.29 is 14.3 Å². The summed E-state index contributed by atoms with van der Waals surface area (Å²) in [7, 11) is 0. The Morgan fingerprint density at radius 2 is 1.90 bits per heavy atom. The number of benzene rings is 2. The molecule has 0 atom stereocenters. The van der Waals surface area contributed by atoms with E-state index in [1.165, 1.54) is 11.8 Å². The van der Waals surface area contributed by atoms with Gasteiger partial charge >= 0.3 is 12.1 Å². The molecule has 0 saturated carbocycles. The molecule has 0 spiro atoms. The minimum Gasteiger partial charge on any atom is -0.431 e.